The maximum atomic E-state index is 13.2. The second-order valence-electron chi connectivity index (χ2n) is 9.37. The monoisotopic (exact) mass is 472 g/mol. The van der Waals surface area contributed by atoms with E-state index in [9.17, 15) is 4.79 Å². The van der Waals surface area contributed by atoms with Gasteiger partial charge >= 0.3 is 0 Å². The lowest BCUT2D eigenvalue weighted by atomic mass is 9.92. The van der Waals surface area contributed by atoms with E-state index in [-0.39, 0.29) is 5.91 Å². The average molecular weight is 473 g/mol. The molecule has 2 heterocycles. The third-order valence-electron chi connectivity index (χ3n) is 6.54. The van der Waals surface area contributed by atoms with Crippen LogP contribution in [0.1, 0.15) is 46.1 Å². The molecule has 0 bridgehead atoms. The van der Waals surface area contributed by atoms with Gasteiger partial charge in [-0.1, -0.05) is 24.3 Å². The molecule has 6 heteroatoms. The SMILES string of the molecule is CNCCN1CCC(c2cc(CN(C)C(=O)c3cccc(Oc4ccccc4)c3)cc(C)n2)CC1. The molecule has 0 radical (unpaired) electrons. The van der Waals surface area contributed by atoms with Crippen molar-refractivity contribution in [1.82, 2.24) is 20.1 Å². The molecule has 1 aromatic heterocycles. The molecule has 6 nitrogen and oxygen atoms in total. The Morgan fingerprint density at radius 2 is 1.80 bits per heavy atom. The number of aryl methyl sites for hydroxylation is 1. The van der Waals surface area contributed by atoms with E-state index in [1.165, 1.54) is 0 Å². The molecule has 1 amide bonds. The lowest BCUT2D eigenvalue weighted by Crippen LogP contribution is -2.37. The summed E-state index contributed by atoms with van der Waals surface area (Å²) in [7, 11) is 3.85. The van der Waals surface area contributed by atoms with Crippen LogP contribution in [0.4, 0.5) is 0 Å². The van der Waals surface area contributed by atoms with Crippen LogP contribution in [0.3, 0.4) is 0 Å². The first-order valence-electron chi connectivity index (χ1n) is 12.4. The number of carbonyl (C=O) groups is 1. The average Bonchev–Trinajstić information content (AvgIpc) is 2.87. The van der Waals surface area contributed by atoms with Crippen molar-refractivity contribution in [3.05, 3.63) is 89.2 Å². The minimum Gasteiger partial charge on any atom is -0.457 e. The summed E-state index contributed by atoms with van der Waals surface area (Å²) in [5.41, 5.74) is 3.90. The normalized spacial score (nSPS) is 14.6. The number of likely N-dealkylation sites (N-methyl/N-ethyl adjacent to an activating group) is 1. The molecule has 0 atom stereocenters. The fourth-order valence-electron chi connectivity index (χ4n) is 4.67. The first-order valence-corrected chi connectivity index (χ1v) is 12.4. The summed E-state index contributed by atoms with van der Waals surface area (Å²) in [6.45, 7) is 6.93. The smallest absolute Gasteiger partial charge is 0.254 e. The molecule has 1 N–H and O–H groups in total. The van der Waals surface area contributed by atoms with Crippen molar-refractivity contribution in [3.63, 3.8) is 0 Å². The number of aromatic nitrogens is 1. The molecule has 0 saturated carbocycles. The third-order valence-corrected chi connectivity index (χ3v) is 6.54. The highest BCUT2D eigenvalue weighted by molar-refractivity contribution is 5.94. The third kappa shape index (κ3) is 6.90. The standard InChI is InChI=1S/C29H36N4O2/c1-22-18-23(19-28(31-22)24-12-15-33(16-13-24)17-14-30-2)21-32(3)29(34)25-8-7-11-27(20-25)35-26-9-5-4-6-10-26/h4-11,18-20,24,30H,12-17,21H2,1-3H3. The molecule has 1 aliphatic rings. The maximum absolute atomic E-state index is 13.2. The summed E-state index contributed by atoms with van der Waals surface area (Å²) in [5, 5.41) is 3.23. The largest absolute Gasteiger partial charge is 0.457 e. The molecular formula is C29H36N4O2. The molecule has 1 saturated heterocycles. The van der Waals surface area contributed by atoms with E-state index in [1.54, 1.807) is 11.0 Å². The van der Waals surface area contributed by atoms with Crippen LogP contribution in [-0.4, -0.2) is 61.0 Å². The van der Waals surface area contributed by atoms with Crippen LogP contribution >= 0.6 is 0 Å². The van der Waals surface area contributed by atoms with Crippen molar-refractivity contribution in [2.24, 2.45) is 0 Å². The van der Waals surface area contributed by atoms with Crippen molar-refractivity contribution in [3.8, 4) is 11.5 Å². The lowest BCUT2D eigenvalue weighted by molar-refractivity contribution is 0.0784. The van der Waals surface area contributed by atoms with Crippen LogP contribution < -0.4 is 10.1 Å². The summed E-state index contributed by atoms with van der Waals surface area (Å²) in [6, 6.07) is 21.2. The summed E-state index contributed by atoms with van der Waals surface area (Å²) in [5.74, 6) is 1.85. The highest BCUT2D eigenvalue weighted by atomic mass is 16.5. The first kappa shape index (κ1) is 24.9. The number of hydrogen-bond acceptors (Lipinski definition) is 5. The van der Waals surface area contributed by atoms with E-state index in [0.717, 1.165) is 61.7 Å². The van der Waals surface area contributed by atoms with Crippen LogP contribution in [0, 0.1) is 6.92 Å². The van der Waals surface area contributed by atoms with Gasteiger partial charge < -0.3 is 19.9 Å². The van der Waals surface area contributed by atoms with Gasteiger partial charge in [-0.15, -0.1) is 0 Å². The van der Waals surface area contributed by atoms with Crippen molar-refractivity contribution < 1.29 is 9.53 Å². The Bertz CT molecular complexity index is 1110. The molecule has 0 spiro atoms. The number of ether oxygens (including phenoxy) is 1. The van der Waals surface area contributed by atoms with Crippen LogP contribution in [-0.2, 0) is 6.54 Å². The Morgan fingerprint density at radius 3 is 2.54 bits per heavy atom. The highest BCUT2D eigenvalue weighted by Gasteiger charge is 2.22. The number of likely N-dealkylation sites (tertiary alicyclic amines) is 1. The zero-order valence-electron chi connectivity index (χ0n) is 21.0. The van der Waals surface area contributed by atoms with Gasteiger partial charge in [-0.3, -0.25) is 9.78 Å². The summed E-state index contributed by atoms with van der Waals surface area (Å²) >= 11 is 0. The van der Waals surface area contributed by atoms with E-state index in [1.807, 2.05) is 69.6 Å². The van der Waals surface area contributed by atoms with Crippen LogP contribution in [0.15, 0.2) is 66.7 Å². The Labute approximate surface area is 208 Å². The van der Waals surface area contributed by atoms with E-state index in [0.29, 0.717) is 23.8 Å². The Hall–Kier alpha value is -3.22. The van der Waals surface area contributed by atoms with Crippen molar-refractivity contribution in [2.45, 2.75) is 32.2 Å². The molecular weight excluding hydrogens is 436 g/mol. The molecule has 4 rings (SSSR count). The maximum Gasteiger partial charge on any atom is 0.254 e. The van der Waals surface area contributed by atoms with Gasteiger partial charge in [0, 0.05) is 49.6 Å². The topological polar surface area (TPSA) is 57.7 Å². The van der Waals surface area contributed by atoms with Crippen LogP contribution in [0.2, 0.25) is 0 Å². The fraction of sp³-hybridized carbons (Fsp3) is 0.379. The predicted octanol–water partition coefficient (Wildman–Crippen LogP) is 4.85. The first-order chi connectivity index (χ1) is 17.0. The zero-order chi connectivity index (χ0) is 24.6. The second kappa shape index (κ2) is 12.0. The number of amides is 1. The Kier molecular flexibility index (Phi) is 8.50. The van der Waals surface area contributed by atoms with Crippen molar-refractivity contribution in [2.75, 3.05) is 40.3 Å². The number of benzene rings is 2. The van der Waals surface area contributed by atoms with E-state index >= 15 is 0 Å². The number of piperidine rings is 1. The second-order valence-corrected chi connectivity index (χ2v) is 9.37. The lowest BCUT2D eigenvalue weighted by Gasteiger charge is -2.32. The van der Waals surface area contributed by atoms with Gasteiger partial charge in [0.15, 0.2) is 0 Å². The summed E-state index contributed by atoms with van der Waals surface area (Å²) in [4.78, 5) is 22.3. The quantitative estimate of drug-likeness (QED) is 0.482. The van der Waals surface area contributed by atoms with Gasteiger partial charge in [-0.25, -0.2) is 0 Å². The Morgan fingerprint density at radius 1 is 1.06 bits per heavy atom. The van der Waals surface area contributed by atoms with Gasteiger partial charge in [-0.2, -0.15) is 0 Å². The molecule has 184 valence electrons. The highest BCUT2D eigenvalue weighted by Crippen LogP contribution is 2.28. The van der Waals surface area contributed by atoms with Crippen molar-refractivity contribution >= 4 is 5.91 Å². The summed E-state index contributed by atoms with van der Waals surface area (Å²) < 4.78 is 5.91. The number of hydrogen-bond donors (Lipinski definition) is 1. The number of nitrogens with one attached hydrogen (secondary N) is 1. The molecule has 1 aliphatic heterocycles. The fourth-order valence-corrected chi connectivity index (χ4v) is 4.67. The van der Waals surface area contributed by atoms with Gasteiger partial charge in [0.25, 0.3) is 5.91 Å². The van der Waals surface area contributed by atoms with E-state index in [4.69, 9.17) is 9.72 Å². The Balaban J connectivity index is 1.40. The van der Waals surface area contributed by atoms with E-state index in [2.05, 4.69) is 22.3 Å². The number of rotatable bonds is 9. The molecule has 3 aromatic rings. The zero-order valence-corrected chi connectivity index (χ0v) is 21.0. The van der Waals surface area contributed by atoms with Gasteiger partial charge in [0.2, 0.25) is 0 Å². The minimum atomic E-state index is -0.0302. The minimum absolute atomic E-state index is 0.0302. The number of pyridine rings is 1. The van der Waals surface area contributed by atoms with E-state index < -0.39 is 0 Å². The molecule has 35 heavy (non-hydrogen) atoms. The van der Waals surface area contributed by atoms with Gasteiger partial charge in [0.1, 0.15) is 11.5 Å². The number of para-hydroxylation sites is 1. The molecule has 1 fully saturated rings. The summed E-state index contributed by atoms with van der Waals surface area (Å²) in [6.07, 6.45) is 2.26. The molecule has 2 aromatic carbocycles. The number of carbonyl (C=O) groups excluding carboxylic acids is 1. The van der Waals surface area contributed by atoms with Gasteiger partial charge in [-0.05, 0) is 87.9 Å². The number of nitrogens with zero attached hydrogens (tertiary/aromatic N) is 3. The molecule has 0 unspecified atom stereocenters. The van der Waals surface area contributed by atoms with Crippen LogP contribution in [0.25, 0.3) is 0 Å². The predicted molar refractivity (Wildman–Crippen MR) is 140 cm³/mol. The molecule has 0 aliphatic carbocycles. The van der Waals surface area contributed by atoms with Crippen LogP contribution in [0.5, 0.6) is 11.5 Å². The van der Waals surface area contributed by atoms with Gasteiger partial charge in [0.05, 0.1) is 0 Å². The van der Waals surface area contributed by atoms with Crippen molar-refractivity contribution in [1.29, 1.82) is 0 Å².